The van der Waals surface area contributed by atoms with Crippen LogP contribution in [0.1, 0.15) is 15.9 Å². The number of halogens is 2. The molecule has 0 atom stereocenters. The highest BCUT2D eigenvalue weighted by Crippen LogP contribution is 2.18. The van der Waals surface area contributed by atoms with Gasteiger partial charge in [-0.05, 0) is 40.6 Å². The fourth-order valence-electron chi connectivity index (χ4n) is 1.35. The molecule has 0 radical (unpaired) electrons. The molecule has 0 aliphatic carbocycles. The van der Waals surface area contributed by atoms with Crippen molar-refractivity contribution in [2.75, 3.05) is 0 Å². The highest BCUT2D eigenvalue weighted by Gasteiger charge is 2.09. The maximum Gasteiger partial charge on any atom is 0.167 e. The average Bonchev–Trinajstić information content (AvgIpc) is 2.74. The molecule has 4 heteroatoms. The van der Waals surface area contributed by atoms with Crippen LogP contribution in [0.3, 0.4) is 0 Å². The lowest BCUT2D eigenvalue weighted by atomic mass is 10.1. The SMILES string of the molecule is O=C(Cc1ccsc1)c1ccc(F)c(Cl)c1. The number of ketones is 1. The number of hydrogen-bond acceptors (Lipinski definition) is 2. The van der Waals surface area contributed by atoms with Gasteiger partial charge in [-0.2, -0.15) is 11.3 Å². The van der Waals surface area contributed by atoms with Gasteiger partial charge in [-0.3, -0.25) is 4.79 Å². The first kappa shape index (κ1) is 11.3. The van der Waals surface area contributed by atoms with Crippen LogP contribution in [0.5, 0.6) is 0 Å². The Morgan fingerprint density at radius 1 is 1.38 bits per heavy atom. The molecule has 0 amide bonds. The van der Waals surface area contributed by atoms with E-state index in [1.807, 2.05) is 16.8 Å². The molecule has 0 aliphatic rings. The van der Waals surface area contributed by atoms with E-state index in [4.69, 9.17) is 11.6 Å². The number of carbonyl (C=O) groups is 1. The van der Waals surface area contributed by atoms with Crippen molar-refractivity contribution in [1.82, 2.24) is 0 Å². The zero-order valence-corrected chi connectivity index (χ0v) is 9.82. The zero-order chi connectivity index (χ0) is 11.5. The lowest BCUT2D eigenvalue weighted by Gasteiger charge is -2.01. The molecule has 0 unspecified atom stereocenters. The lowest BCUT2D eigenvalue weighted by Crippen LogP contribution is -2.02. The van der Waals surface area contributed by atoms with E-state index in [-0.39, 0.29) is 10.8 Å². The maximum atomic E-state index is 12.9. The Labute approximate surface area is 101 Å². The number of carbonyl (C=O) groups excluding carboxylic acids is 1. The lowest BCUT2D eigenvalue weighted by molar-refractivity contribution is 0.0993. The van der Waals surface area contributed by atoms with E-state index in [1.54, 1.807) is 11.3 Å². The molecule has 1 heterocycles. The fraction of sp³-hybridized carbons (Fsp3) is 0.0833. The quantitative estimate of drug-likeness (QED) is 0.758. The van der Waals surface area contributed by atoms with Crippen LogP contribution < -0.4 is 0 Å². The molecular formula is C12H8ClFOS. The Kier molecular flexibility index (Phi) is 3.36. The van der Waals surface area contributed by atoms with Crippen molar-refractivity contribution in [3.63, 3.8) is 0 Å². The van der Waals surface area contributed by atoms with Gasteiger partial charge in [-0.25, -0.2) is 4.39 Å². The summed E-state index contributed by atoms with van der Waals surface area (Å²) in [6.45, 7) is 0. The summed E-state index contributed by atoms with van der Waals surface area (Å²) in [5.41, 5.74) is 1.41. The molecule has 0 saturated carbocycles. The summed E-state index contributed by atoms with van der Waals surface area (Å²) in [6.07, 6.45) is 0.325. The first-order valence-electron chi connectivity index (χ1n) is 4.66. The normalized spacial score (nSPS) is 10.4. The first-order valence-corrected chi connectivity index (χ1v) is 5.98. The van der Waals surface area contributed by atoms with Crippen molar-refractivity contribution in [3.8, 4) is 0 Å². The second-order valence-electron chi connectivity index (χ2n) is 3.36. The monoisotopic (exact) mass is 254 g/mol. The van der Waals surface area contributed by atoms with Crippen LogP contribution >= 0.6 is 22.9 Å². The summed E-state index contributed by atoms with van der Waals surface area (Å²) in [5, 5.41) is 3.82. The van der Waals surface area contributed by atoms with Gasteiger partial charge < -0.3 is 0 Å². The summed E-state index contributed by atoms with van der Waals surface area (Å²) < 4.78 is 12.9. The van der Waals surface area contributed by atoms with Gasteiger partial charge in [0.25, 0.3) is 0 Å². The predicted octanol–water partition coefficient (Wildman–Crippen LogP) is 3.97. The maximum absolute atomic E-state index is 12.9. The van der Waals surface area contributed by atoms with E-state index >= 15 is 0 Å². The molecule has 82 valence electrons. The standard InChI is InChI=1S/C12H8ClFOS/c13-10-6-9(1-2-11(10)14)12(15)5-8-3-4-16-7-8/h1-4,6-7H,5H2. The highest BCUT2D eigenvalue weighted by molar-refractivity contribution is 7.08. The third-order valence-electron chi connectivity index (χ3n) is 2.19. The van der Waals surface area contributed by atoms with Gasteiger partial charge in [0.15, 0.2) is 5.78 Å². The number of thiophene rings is 1. The van der Waals surface area contributed by atoms with Gasteiger partial charge in [0.1, 0.15) is 5.82 Å². The largest absolute Gasteiger partial charge is 0.294 e. The highest BCUT2D eigenvalue weighted by atomic mass is 35.5. The van der Waals surface area contributed by atoms with E-state index in [0.717, 1.165) is 5.56 Å². The van der Waals surface area contributed by atoms with E-state index in [1.165, 1.54) is 18.2 Å². The number of rotatable bonds is 3. The van der Waals surface area contributed by atoms with Crippen molar-refractivity contribution in [3.05, 3.63) is 57.0 Å². The molecular weight excluding hydrogens is 247 g/mol. The Balaban J connectivity index is 2.18. The van der Waals surface area contributed by atoms with Gasteiger partial charge >= 0.3 is 0 Å². The zero-order valence-electron chi connectivity index (χ0n) is 8.24. The van der Waals surface area contributed by atoms with Gasteiger partial charge in [0, 0.05) is 12.0 Å². The summed E-state index contributed by atoms with van der Waals surface area (Å²) >= 11 is 7.16. The van der Waals surface area contributed by atoms with Crippen molar-refractivity contribution >= 4 is 28.7 Å². The smallest absolute Gasteiger partial charge is 0.167 e. The second-order valence-corrected chi connectivity index (χ2v) is 4.55. The minimum Gasteiger partial charge on any atom is -0.294 e. The third kappa shape index (κ3) is 2.49. The van der Waals surface area contributed by atoms with Gasteiger partial charge in [-0.15, -0.1) is 0 Å². The van der Waals surface area contributed by atoms with Crippen LogP contribution in [0.4, 0.5) is 4.39 Å². The molecule has 1 nitrogen and oxygen atoms in total. The molecule has 2 aromatic rings. The Morgan fingerprint density at radius 2 is 2.19 bits per heavy atom. The number of Topliss-reactive ketones (excluding diaryl/α,β-unsaturated/α-hetero) is 1. The summed E-state index contributed by atoms with van der Waals surface area (Å²) in [7, 11) is 0. The van der Waals surface area contributed by atoms with Crippen molar-refractivity contribution in [2.45, 2.75) is 6.42 Å². The van der Waals surface area contributed by atoms with Gasteiger partial charge in [0.05, 0.1) is 5.02 Å². The minimum absolute atomic E-state index is 0.0174. The van der Waals surface area contributed by atoms with Crippen LogP contribution in [0, 0.1) is 5.82 Å². The number of benzene rings is 1. The topological polar surface area (TPSA) is 17.1 Å². The van der Waals surface area contributed by atoms with E-state index < -0.39 is 5.82 Å². The Morgan fingerprint density at radius 3 is 2.81 bits per heavy atom. The first-order chi connectivity index (χ1) is 7.66. The molecule has 0 saturated heterocycles. The average molecular weight is 255 g/mol. The second kappa shape index (κ2) is 4.76. The van der Waals surface area contributed by atoms with Crippen molar-refractivity contribution < 1.29 is 9.18 Å². The number of hydrogen-bond donors (Lipinski definition) is 0. The van der Waals surface area contributed by atoms with Crippen LogP contribution in [0.25, 0.3) is 0 Å². The molecule has 1 aromatic heterocycles. The summed E-state index contributed by atoms with van der Waals surface area (Å²) in [4.78, 5) is 11.8. The van der Waals surface area contributed by atoms with Crippen molar-refractivity contribution in [2.24, 2.45) is 0 Å². The molecule has 1 aromatic carbocycles. The molecule has 0 fully saturated rings. The molecule has 0 N–H and O–H groups in total. The van der Waals surface area contributed by atoms with Crippen LogP contribution in [0.15, 0.2) is 35.0 Å². The fourth-order valence-corrected chi connectivity index (χ4v) is 2.20. The molecule has 2 rings (SSSR count). The van der Waals surface area contributed by atoms with Gasteiger partial charge in [-0.1, -0.05) is 11.6 Å². The van der Waals surface area contributed by atoms with E-state index in [9.17, 15) is 9.18 Å². The molecule has 16 heavy (non-hydrogen) atoms. The molecule has 0 spiro atoms. The predicted molar refractivity (Wildman–Crippen MR) is 63.8 cm³/mol. The van der Waals surface area contributed by atoms with Crippen molar-refractivity contribution in [1.29, 1.82) is 0 Å². The van der Waals surface area contributed by atoms with E-state index in [0.29, 0.717) is 12.0 Å². The third-order valence-corrected chi connectivity index (χ3v) is 3.21. The molecule has 0 aliphatic heterocycles. The summed E-state index contributed by atoms with van der Waals surface area (Å²) in [6, 6.07) is 5.93. The minimum atomic E-state index is -0.506. The van der Waals surface area contributed by atoms with Gasteiger partial charge in [0.2, 0.25) is 0 Å². The van der Waals surface area contributed by atoms with E-state index in [2.05, 4.69) is 0 Å². The Hall–Kier alpha value is -1.19. The Bertz CT molecular complexity index is 508. The summed E-state index contributed by atoms with van der Waals surface area (Å²) in [5.74, 6) is -0.561. The van der Waals surface area contributed by atoms with Crippen LogP contribution in [-0.4, -0.2) is 5.78 Å². The van der Waals surface area contributed by atoms with Crippen LogP contribution in [0.2, 0.25) is 5.02 Å². The molecule has 0 bridgehead atoms. The van der Waals surface area contributed by atoms with Crippen LogP contribution in [-0.2, 0) is 6.42 Å².